The molecule has 0 fully saturated rings. The number of aromatic nitrogens is 2. The standard InChI is InChI=1S/C15H18ClN3O2S/c1-10-8-12(13(21-3)9-11(10)16)18-14(20)4-7-22-15-17-5-6-19(15)2/h5-6,8-9H,4,7H2,1-3H3,(H,18,20). The summed E-state index contributed by atoms with van der Waals surface area (Å²) in [5.74, 6) is 1.15. The number of hydrogen-bond donors (Lipinski definition) is 1. The van der Waals surface area contributed by atoms with Crippen molar-refractivity contribution in [2.45, 2.75) is 18.5 Å². The van der Waals surface area contributed by atoms with Crippen LogP contribution < -0.4 is 10.1 Å². The van der Waals surface area contributed by atoms with Gasteiger partial charge in [-0.15, -0.1) is 0 Å². The molecule has 1 N–H and O–H groups in total. The number of carbonyl (C=O) groups excluding carboxylic acids is 1. The van der Waals surface area contributed by atoms with Crippen molar-refractivity contribution in [1.29, 1.82) is 0 Å². The summed E-state index contributed by atoms with van der Waals surface area (Å²) in [6.07, 6.45) is 4.01. The highest BCUT2D eigenvalue weighted by molar-refractivity contribution is 7.99. The normalized spacial score (nSPS) is 10.5. The van der Waals surface area contributed by atoms with Crippen LogP contribution in [-0.2, 0) is 11.8 Å². The van der Waals surface area contributed by atoms with Crippen LogP contribution in [0.1, 0.15) is 12.0 Å². The van der Waals surface area contributed by atoms with Gasteiger partial charge in [0.15, 0.2) is 5.16 Å². The van der Waals surface area contributed by atoms with E-state index in [0.717, 1.165) is 10.7 Å². The molecule has 1 amide bonds. The van der Waals surface area contributed by atoms with E-state index in [4.69, 9.17) is 16.3 Å². The zero-order valence-electron chi connectivity index (χ0n) is 12.7. The maximum absolute atomic E-state index is 12.1. The summed E-state index contributed by atoms with van der Waals surface area (Å²) in [5, 5.41) is 4.37. The molecule has 22 heavy (non-hydrogen) atoms. The maximum atomic E-state index is 12.1. The molecule has 2 rings (SSSR count). The first-order valence-corrected chi connectivity index (χ1v) is 8.11. The number of carbonyl (C=O) groups is 1. The fourth-order valence-corrected chi connectivity index (χ4v) is 2.89. The molecule has 0 bridgehead atoms. The minimum atomic E-state index is -0.0678. The topological polar surface area (TPSA) is 56.1 Å². The van der Waals surface area contributed by atoms with Gasteiger partial charge in [-0.1, -0.05) is 23.4 Å². The second-order valence-corrected chi connectivity index (χ2v) is 6.24. The Kier molecular flexibility index (Phi) is 5.74. The van der Waals surface area contributed by atoms with Gasteiger partial charge < -0.3 is 14.6 Å². The minimum Gasteiger partial charge on any atom is -0.495 e. The molecule has 0 saturated carbocycles. The molecule has 5 nitrogen and oxygen atoms in total. The van der Waals surface area contributed by atoms with E-state index in [1.165, 1.54) is 0 Å². The number of rotatable bonds is 6. The van der Waals surface area contributed by atoms with Gasteiger partial charge in [-0.25, -0.2) is 4.98 Å². The van der Waals surface area contributed by atoms with Gasteiger partial charge in [0.05, 0.1) is 12.8 Å². The summed E-state index contributed by atoms with van der Waals surface area (Å²) >= 11 is 7.60. The van der Waals surface area contributed by atoms with Crippen LogP contribution in [0.2, 0.25) is 5.02 Å². The Hall–Kier alpha value is -1.66. The van der Waals surface area contributed by atoms with Crippen LogP contribution in [0.4, 0.5) is 5.69 Å². The van der Waals surface area contributed by atoms with Crippen molar-refractivity contribution in [2.24, 2.45) is 7.05 Å². The van der Waals surface area contributed by atoms with Crippen molar-refractivity contribution >= 4 is 35.0 Å². The fourth-order valence-electron chi connectivity index (χ4n) is 1.87. The smallest absolute Gasteiger partial charge is 0.225 e. The van der Waals surface area contributed by atoms with E-state index in [0.29, 0.717) is 28.6 Å². The molecule has 0 unspecified atom stereocenters. The molecule has 0 radical (unpaired) electrons. The number of ether oxygens (including phenoxy) is 1. The summed E-state index contributed by atoms with van der Waals surface area (Å²) < 4.78 is 7.17. The average Bonchev–Trinajstić information content (AvgIpc) is 2.88. The Morgan fingerprint density at radius 1 is 1.50 bits per heavy atom. The molecule has 7 heteroatoms. The lowest BCUT2D eigenvalue weighted by atomic mass is 10.2. The third-order valence-corrected chi connectivity index (χ3v) is 4.56. The molecular formula is C15H18ClN3O2S. The van der Waals surface area contributed by atoms with Crippen LogP contribution in [0.5, 0.6) is 5.75 Å². The molecule has 1 aromatic carbocycles. The van der Waals surface area contributed by atoms with Gasteiger partial charge in [0, 0.05) is 42.7 Å². The van der Waals surface area contributed by atoms with Gasteiger partial charge in [0.25, 0.3) is 0 Å². The highest BCUT2D eigenvalue weighted by Gasteiger charge is 2.11. The number of thioether (sulfide) groups is 1. The largest absolute Gasteiger partial charge is 0.495 e. The number of halogens is 1. The number of benzene rings is 1. The number of anilines is 1. The third kappa shape index (κ3) is 4.18. The lowest BCUT2D eigenvalue weighted by Gasteiger charge is -2.12. The molecule has 0 saturated heterocycles. The van der Waals surface area contributed by atoms with E-state index in [2.05, 4.69) is 10.3 Å². The molecule has 1 heterocycles. The van der Waals surface area contributed by atoms with Crippen LogP contribution in [0.25, 0.3) is 0 Å². The fraction of sp³-hybridized carbons (Fsp3) is 0.333. The van der Waals surface area contributed by atoms with Crippen molar-refractivity contribution in [3.8, 4) is 5.75 Å². The lowest BCUT2D eigenvalue weighted by Crippen LogP contribution is -2.13. The summed E-state index contributed by atoms with van der Waals surface area (Å²) in [6.45, 7) is 1.88. The zero-order chi connectivity index (χ0) is 16.1. The second kappa shape index (κ2) is 7.56. The lowest BCUT2D eigenvalue weighted by molar-refractivity contribution is -0.115. The maximum Gasteiger partial charge on any atom is 0.225 e. The molecule has 0 aliphatic rings. The van der Waals surface area contributed by atoms with Gasteiger partial charge in [0.2, 0.25) is 5.91 Å². The number of nitrogens with one attached hydrogen (secondary N) is 1. The number of methoxy groups -OCH3 is 1. The van der Waals surface area contributed by atoms with Crippen molar-refractivity contribution in [1.82, 2.24) is 9.55 Å². The van der Waals surface area contributed by atoms with Crippen LogP contribution >= 0.6 is 23.4 Å². The number of imidazole rings is 1. The zero-order valence-corrected chi connectivity index (χ0v) is 14.3. The van der Waals surface area contributed by atoms with E-state index in [1.807, 2.05) is 30.8 Å². The second-order valence-electron chi connectivity index (χ2n) is 4.77. The van der Waals surface area contributed by atoms with E-state index < -0.39 is 0 Å². The predicted octanol–water partition coefficient (Wildman–Crippen LogP) is 3.51. The first-order valence-electron chi connectivity index (χ1n) is 6.75. The van der Waals surface area contributed by atoms with Gasteiger partial charge in [0.1, 0.15) is 5.75 Å². The Balaban J connectivity index is 1.92. The molecule has 0 spiro atoms. The quantitative estimate of drug-likeness (QED) is 0.818. The monoisotopic (exact) mass is 339 g/mol. The summed E-state index contributed by atoms with van der Waals surface area (Å²) in [4.78, 5) is 16.3. The van der Waals surface area contributed by atoms with Crippen molar-refractivity contribution in [3.63, 3.8) is 0 Å². The number of amides is 1. The van der Waals surface area contributed by atoms with E-state index >= 15 is 0 Å². The SMILES string of the molecule is COc1cc(Cl)c(C)cc1NC(=O)CCSc1nccn1C. The highest BCUT2D eigenvalue weighted by Crippen LogP contribution is 2.31. The Labute approximate surface area is 139 Å². The molecule has 2 aromatic rings. The Bertz CT molecular complexity index is 673. The van der Waals surface area contributed by atoms with Crippen LogP contribution in [-0.4, -0.2) is 28.3 Å². The van der Waals surface area contributed by atoms with Crippen LogP contribution in [0.3, 0.4) is 0 Å². The van der Waals surface area contributed by atoms with Gasteiger partial charge in [-0.05, 0) is 18.6 Å². The average molecular weight is 340 g/mol. The van der Waals surface area contributed by atoms with Gasteiger partial charge in [-0.2, -0.15) is 0 Å². The van der Waals surface area contributed by atoms with E-state index in [9.17, 15) is 4.79 Å². The minimum absolute atomic E-state index is 0.0678. The highest BCUT2D eigenvalue weighted by atomic mass is 35.5. The first kappa shape index (κ1) is 16.7. The predicted molar refractivity (Wildman–Crippen MR) is 89.9 cm³/mol. The molecule has 0 atom stereocenters. The summed E-state index contributed by atoms with van der Waals surface area (Å²) in [5.41, 5.74) is 1.52. The molecule has 118 valence electrons. The van der Waals surface area contributed by atoms with Gasteiger partial charge in [-0.3, -0.25) is 4.79 Å². The summed E-state index contributed by atoms with van der Waals surface area (Å²) in [6, 6.07) is 3.51. The van der Waals surface area contributed by atoms with Crippen molar-refractivity contribution in [3.05, 3.63) is 35.1 Å². The Morgan fingerprint density at radius 2 is 2.27 bits per heavy atom. The van der Waals surface area contributed by atoms with Gasteiger partial charge >= 0.3 is 0 Å². The molecule has 0 aliphatic carbocycles. The van der Waals surface area contributed by atoms with E-state index in [1.54, 1.807) is 31.1 Å². The number of nitrogens with zero attached hydrogens (tertiary/aromatic N) is 2. The summed E-state index contributed by atoms with van der Waals surface area (Å²) in [7, 11) is 3.48. The van der Waals surface area contributed by atoms with E-state index in [-0.39, 0.29) is 5.91 Å². The van der Waals surface area contributed by atoms with Crippen LogP contribution in [0.15, 0.2) is 29.7 Å². The Morgan fingerprint density at radius 3 is 2.91 bits per heavy atom. The third-order valence-electron chi connectivity index (χ3n) is 3.09. The van der Waals surface area contributed by atoms with Crippen molar-refractivity contribution in [2.75, 3.05) is 18.2 Å². The molecule has 0 aliphatic heterocycles. The first-order chi connectivity index (χ1) is 10.5. The van der Waals surface area contributed by atoms with Crippen LogP contribution in [0, 0.1) is 6.92 Å². The molecular weight excluding hydrogens is 322 g/mol. The van der Waals surface area contributed by atoms with Crippen molar-refractivity contribution < 1.29 is 9.53 Å². The number of aryl methyl sites for hydroxylation is 2. The molecule has 1 aromatic heterocycles. The number of hydrogen-bond acceptors (Lipinski definition) is 4.